The molecule has 0 aliphatic carbocycles. The first-order valence-electron chi connectivity index (χ1n) is 9.95. The van der Waals surface area contributed by atoms with Gasteiger partial charge in [-0.05, 0) is 48.4 Å². The molecule has 0 spiro atoms. The third kappa shape index (κ3) is 4.03. The summed E-state index contributed by atoms with van der Waals surface area (Å²) in [5.41, 5.74) is 3.87. The third-order valence-corrected chi connectivity index (χ3v) is 6.08. The summed E-state index contributed by atoms with van der Waals surface area (Å²) in [6.45, 7) is 1.76. The van der Waals surface area contributed by atoms with E-state index in [1.807, 2.05) is 24.3 Å². The maximum atomic E-state index is 12.5. The molecule has 2 aromatic carbocycles. The van der Waals surface area contributed by atoms with Crippen molar-refractivity contribution in [3.8, 4) is 11.1 Å². The number of hydrogen-bond donors (Lipinski definition) is 3. The number of nitrogens with one attached hydrogen (secondary N) is 3. The minimum absolute atomic E-state index is 0.0778. The Labute approximate surface area is 178 Å². The molecule has 30 heavy (non-hydrogen) atoms. The monoisotopic (exact) mass is 415 g/mol. The van der Waals surface area contributed by atoms with Gasteiger partial charge in [-0.15, -0.1) is 0 Å². The number of fused-ring (bicyclic) bond motifs is 1. The number of amides is 1. The second-order valence-electron chi connectivity index (χ2n) is 7.29. The number of carbonyl (C=O) groups excluding carboxylic acids is 1. The topological polar surface area (TPSA) is 78.9 Å². The molecule has 6 nitrogen and oxygen atoms in total. The van der Waals surface area contributed by atoms with E-state index in [1.165, 1.54) is 5.56 Å². The van der Waals surface area contributed by atoms with Crippen LogP contribution in [0.5, 0.6) is 0 Å². The number of nitrogens with zero attached hydrogens (tertiary/aromatic N) is 2. The van der Waals surface area contributed by atoms with E-state index in [4.69, 9.17) is 0 Å². The Hall–Kier alpha value is -3.29. The lowest BCUT2D eigenvalue weighted by Gasteiger charge is -2.11. The Kier molecular flexibility index (Phi) is 5.13. The summed E-state index contributed by atoms with van der Waals surface area (Å²) in [5, 5.41) is 10.3. The van der Waals surface area contributed by atoms with Crippen molar-refractivity contribution in [1.82, 2.24) is 20.6 Å². The molecule has 0 bridgehead atoms. The minimum Gasteiger partial charge on any atom is -0.348 e. The summed E-state index contributed by atoms with van der Waals surface area (Å²) in [7, 11) is 0. The zero-order valence-electron chi connectivity index (χ0n) is 16.3. The van der Waals surface area contributed by atoms with E-state index >= 15 is 0 Å². The van der Waals surface area contributed by atoms with Gasteiger partial charge in [-0.25, -0.2) is 9.97 Å². The normalized spacial score (nSPS) is 15.9. The first kappa shape index (κ1) is 18.7. The lowest BCUT2D eigenvalue weighted by molar-refractivity contribution is 0.0940. The molecule has 3 heterocycles. The van der Waals surface area contributed by atoms with Crippen LogP contribution in [-0.4, -0.2) is 35.0 Å². The molecule has 7 heteroatoms. The van der Waals surface area contributed by atoms with Crippen molar-refractivity contribution in [2.24, 2.45) is 0 Å². The highest BCUT2D eigenvalue weighted by Crippen LogP contribution is 2.31. The van der Waals surface area contributed by atoms with Crippen molar-refractivity contribution in [2.45, 2.75) is 12.5 Å². The zero-order chi connectivity index (χ0) is 20.3. The number of pyridine rings is 1. The van der Waals surface area contributed by atoms with Gasteiger partial charge < -0.3 is 16.0 Å². The van der Waals surface area contributed by atoms with Gasteiger partial charge in [0, 0.05) is 24.3 Å². The molecule has 0 unspecified atom stereocenters. The van der Waals surface area contributed by atoms with E-state index in [-0.39, 0.29) is 11.9 Å². The molecule has 0 radical (unpaired) electrons. The van der Waals surface area contributed by atoms with E-state index < -0.39 is 0 Å². The standard InChI is InChI=1S/C23H21N5OS/c29-22(26-18-9-10-24-14-18)17-8-11-25-21(13-17)28-23-27-19-7-6-16(12-20(19)30-23)15-4-2-1-3-5-15/h1-8,11-13,18,24H,9-10,14H2,(H,26,29)(H,25,27,28)/t18-/m1/s1. The first-order valence-corrected chi connectivity index (χ1v) is 10.8. The minimum atomic E-state index is -0.0778. The van der Waals surface area contributed by atoms with Crippen LogP contribution in [0.1, 0.15) is 16.8 Å². The van der Waals surface area contributed by atoms with E-state index in [1.54, 1.807) is 29.7 Å². The fourth-order valence-electron chi connectivity index (χ4n) is 3.58. The van der Waals surface area contributed by atoms with Gasteiger partial charge >= 0.3 is 0 Å². The van der Waals surface area contributed by atoms with E-state index in [0.29, 0.717) is 11.4 Å². The predicted octanol–water partition coefficient (Wildman–Crippen LogP) is 4.19. The van der Waals surface area contributed by atoms with Gasteiger partial charge in [0.05, 0.1) is 10.2 Å². The van der Waals surface area contributed by atoms with Crippen molar-refractivity contribution in [1.29, 1.82) is 0 Å². The number of thiazole rings is 1. The van der Waals surface area contributed by atoms with Gasteiger partial charge in [-0.3, -0.25) is 4.79 Å². The van der Waals surface area contributed by atoms with Crippen LogP contribution >= 0.6 is 11.3 Å². The molecule has 5 rings (SSSR count). The van der Waals surface area contributed by atoms with Gasteiger partial charge in [-0.1, -0.05) is 47.7 Å². The maximum absolute atomic E-state index is 12.5. The number of rotatable bonds is 5. The molecule has 1 aliphatic rings. The first-order chi connectivity index (χ1) is 14.7. The Bertz CT molecular complexity index is 1180. The number of anilines is 2. The van der Waals surface area contributed by atoms with Crippen LogP contribution < -0.4 is 16.0 Å². The fraction of sp³-hybridized carbons (Fsp3) is 0.174. The van der Waals surface area contributed by atoms with E-state index in [2.05, 4.69) is 50.2 Å². The lowest BCUT2D eigenvalue weighted by atomic mass is 10.1. The molecule has 1 atom stereocenters. The summed E-state index contributed by atoms with van der Waals surface area (Å²) < 4.78 is 1.10. The highest BCUT2D eigenvalue weighted by Gasteiger charge is 2.18. The van der Waals surface area contributed by atoms with Crippen molar-refractivity contribution in [3.63, 3.8) is 0 Å². The summed E-state index contributed by atoms with van der Waals surface area (Å²) in [6, 6.07) is 20.2. The quantitative estimate of drug-likeness (QED) is 0.455. The Morgan fingerprint density at radius 1 is 1.07 bits per heavy atom. The van der Waals surface area contributed by atoms with E-state index in [9.17, 15) is 4.79 Å². The summed E-state index contributed by atoms with van der Waals surface area (Å²) in [4.78, 5) is 21.5. The van der Waals surface area contributed by atoms with Crippen LogP contribution in [0.4, 0.5) is 10.9 Å². The smallest absolute Gasteiger partial charge is 0.251 e. The van der Waals surface area contributed by atoms with Crippen LogP contribution in [0.25, 0.3) is 21.3 Å². The van der Waals surface area contributed by atoms with Gasteiger partial charge in [0.15, 0.2) is 5.13 Å². The molecule has 3 N–H and O–H groups in total. The molecule has 1 aliphatic heterocycles. The maximum Gasteiger partial charge on any atom is 0.251 e. The average Bonchev–Trinajstić information content (AvgIpc) is 3.43. The number of aromatic nitrogens is 2. The molecule has 0 saturated carbocycles. The van der Waals surface area contributed by atoms with Crippen LogP contribution in [0.2, 0.25) is 0 Å². The summed E-state index contributed by atoms with van der Waals surface area (Å²) in [5.74, 6) is 0.528. The van der Waals surface area contributed by atoms with Crippen LogP contribution in [0, 0.1) is 0 Å². The molecule has 4 aromatic rings. The Morgan fingerprint density at radius 2 is 1.97 bits per heavy atom. The lowest BCUT2D eigenvalue weighted by Crippen LogP contribution is -2.36. The van der Waals surface area contributed by atoms with Gasteiger partial charge in [0.2, 0.25) is 0 Å². The van der Waals surface area contributed by atoms with E-state index in [0.717, 1.165) is 40.4 Å². The predicted molar refractivity (Wildman–Crippen MR) is 121 cm³/mol. The highest BCUT2D eigenvalue weighted by molar-refractivity contribution is 7.22. The van der Waals surface area contributed by atoms with Gasteiger partial charge in [-0.2, -0.15) is 0 Å². The number of hydrogen-bond acceptors (Lipinski definition) is 6. The molecular weight excluding hydrogens is 394 g/mol. The second-order valence-corrected chi connectivity index (χ2v) is 8.32. The molecule has 1 fully saturated rings. The van der Waals surface area contributed by atoms with Crippen molar-refractivity contribution in [3.05, 3.63) is 72.4 Å². The second kappa shape index (κ2) is 8.22. The third-order valence-electron chi connectivity index (χ3n) is 5.15. The molecule has 1 saturated heterocycles. The van der Waals surface area contributed by atoms with Crippen LogP contribution in [0.3, 0.4) is 0 Å². The number of benzene rings is 2. The largest absolute Gasteiger partial charge is 0.348 e. The highest BCUT2D eigenvalue weighted by atomic mass is 32.1. The van der Waals surface area contributed by atoms with Gasteiger partial charge in [0.1, 0.15) is 5.82 Å². The molecule has 150 valence electrons. The molecule has 2 aromatic heterocycles. The van der Waals surface area contributed by atoms with Crippen molar-refractivity contribution < 1.29 is 4.79 Å². The Balaban J connectivity index is 1.34. The summed E-state index contributed by atoms with van der Waals surface area (Å²) >= 11 is 1.57. The van der Waals surface area contributed by atoms with Gasteiger partial charge in [0.25, 0.3) is 5.91 Å². The Morgan fingerprint density at radius 3 is 2.80 bits per heavy atom. The van der Waals surface area contributed by atoms with Crippen molar-refractivity contribution >= 4 is 38.4 Å². The van der Waals surface area contributed by atoms with Crippen LogP contribution in [-0.2, 0) is 0 Å². The van der Waals surface area contributed by atoms with Crippen LogP contribution in [0.15, 0.2) is 66.9 Å². The molecule has 1 amide bonds. The molecular formula is C23H21N5OS. The average molecular weight is 416 g/mol. The summed E-state index contributed by atoms with van der Waals surface area (Å²) in [6.07, 6.45) is 2.60. The van der Waals surface area contributed by atoms with Crippen molar-refractivity contribution in [2.75, 3.05) is 18.4 Å². The number of carbonyl (C=O) groups is 1. The zero-order valence-corrected chi connectivity index (χ0v) is 17.1. The SMILES string of the molecule is O=C(N[C@@H]1CCNC1)c1ccnc(Nc2nc3ccc(-c4ccccc4)cc3s2)c1. The fourth-order valence-corrected chi connectivity index (χ4v) is 4.50.